The van der Waals surface area contributed by atoms with Crippen molar-refractivity contribution in [1.82, 2.24) is 19.9 Å². The van der Waals surface area contributed by atoms with Gasteiger partial charge in [-0.3, -0.25) is 9.78 Å². The molecule has 0 radical (unpaired) electrons. The van der Waals surface area contributed by atoms with E-state index in [1.165, 1.54) is 6.07 Å². The Balaban J connectivity index is 1.42. The SMILES string of the molecule is Cc1ccc(-c2ncccc2C)c(C(=O)N2C[C@@H]3CC[C@H]2[C@H](Nc2ccc(C(F)(F)F)cn2)C3)n1. The minimum atomic E-state index is -4.43. The van der Waals surface area contributed by atoms with E-state index in [1.54, 1.807) is 6.20 Å². The summed E-state index contributed by atoms with van der Waals surface area (Å²) in [5, 5.41) is 3.29. The van der Waals surface area contributed by atoms with E-state index in [4.69, 9.17) is 0 Å². The van der Waals surface area contributed by atoms with Crippen LogP contribution >= 0.6 is 0 Å². The van der Waals surface area contributed by atoms with Gasteiger partial charge in [0.05, 0.1) is 17.3 Å². The number of hydrogen-bond acceptors (Lipinski definition) is 5. The number of nitrogens with zero attached hydrogens (tertiary/aromatic N) is 4. The predicted octanol–water partition coefficient (Wildman–Crippen LogP) is 5.28. The van der Waals surface area contributed by atoms with Gasteiger partial charge in [0.25, 0.3) is 5.91 Å². The first-order valence-electron chi connectivity index (χ1n) is 11.7. The minimum Gasteiger partial charge on any atom is -0.365 e. The maximum atomic E-state index is 13.9. The summed E-state index contributed by atoms with van der Waals surface area (Å²) < 4.78 is 38.7. The molecule has 2 bridgehead atoms. The molecule has 1 aliphatic carbocycles. The van der Waals surface area contributed by atoms with Crippen LogP contribution in [0.3, 0.4) is 0 Å². The summed E-state index contributed by atoms with van der Waals surface area (Å²) in [7, 11) is 0. The van der Waals surface area contributed by atoms with Crippen LogP contribution in [0.25, 0.3) is 11.3 Å². The number of rotatable bonds is 4. The largest absolute Gasteiger partial charge is 0.417 e. The van der Waals surface area contributed by atoms with Crippen LogP contribution in [0.2, 0.25) is 0 Å². The van der Waals surface area contributed by atoms with Crippen molar-refractivity contribution in [3.05, 3.63) is 71.3 Å². The number of pyridine rings is 3. The van der Waals surface area contributed by atoms with Gasteiger partial charge < -0.3 is 10.2 Å². The molecule has 182 valence electrons. The summed E-state index contributed by atoms with van der Waals surface area (Å²) in [5.41, 5.74) is 2.73. The molecule has 0 unspecified atom stereocenters. The molecule has 3 aromatic rings. The standard InChI is InChI=1S/C26H26F3N5O/c1-15-4-3-11-30-23(15)19-8-5-16(2)32-24(19)25(35)34-14-17-6-9-21(34)20(12-17)33-22-10-7-18(13-31-22)26(27,28)29/h3-5,7-8,10-11,13,17,20-21H,6,9,12,14H2,1-2H3,(H,31,33)/t17-,20-,21+/m1/s1. The maximum absolute atomic E-state index is 13.9. The van der Waals surface area contributed by atoms with Gasteiger partial charge in [-0.1, -0.05) is 6.07 Å². The summed E-state index contributed by atoms with van der Waals surface area (Å²) in [5.74, 6) is 0.539. The topological polar surface area (TPSA) is 71.0 Å². The Hall–Kier alpha value is -3.49. The molecule has 6 rings (SSSR count). The predicted molar refractivity (Wildman–Crippen MR) is 126 cm³/mol. The van der Waals surface area contributed by atoms with Crippen LogP contribution in [0.5, 0.6) is 0 Å². The molecule has 2 aliphatic heterocycles. The molecule has 35 heavy (non-hydrogen) atoms. The Morgan fingerprint density at radius 1 is 1.09 bits per heavy atom. The van der Waals surface area contributed by atoms with Gasteiger partial charge in [-0.15, -0.1) is 0 Å². The summed E-state index contributed by atoms with van der Waals surface area (Å²) >= 11 is 0. The second-order valence-corrected chi connectivity index (χ2v) is 9.40. The lowest BCUT2D eigenvalue weighted by Gasteiger charge is -2.50. The lowest BCUT2D eigenvalue weighted by Crippen LogP contribution is -2.60. The monoisotopic (exact) mass is 481 g/mol. The number of nitrogens with one attached hydrogen (secondary N) is 1. The number of carbonyl (C=O) groups excluding carboxylic acids is 1. The summed E-state index contributed by atoms with van der Waals surface area (Å²) in [4.78, 5) is 28.8. The first-order valence-corrected chi connectivity index (χ1v) is 11.7. The quantitative estimate of drug-likeness (QED) is 0.549. The number of piperidine rings is 2. The number of carbonyl (C=O) groups is 1. The zero-order valence-electron chi connectivity index (χ0n) is 19.5. The van der Waals surface area contributed by atoms with E-state index in [1.807, 2.05) is 43.0 Å². The summed E-state index contributed by atoms with van der Waals surface area (Å²) in [6.45, 7) is 4.45. The fourth-order valence-electron chi connectivity index (χ4n) is 5.23. The van der Waals surface area contributed by atoms with Crippen molar-refractivity contribution in [2.24, 2.45) is 5.92 Å². The number of alkyl halides is 3. The van der Waals surface area contributed by atoms with Crippen LogP contribution in [0.4, 0.5) is 19.0 Å². The van der Waals surface area contributed by atoms with Gasteiger partial charge >= 0.3 is 6.18 Å². The summed E-state index contributed by atoms with van der Waals surface area (Å²) in [6, 6.07) is 9.77. The molecular formula is C26H26F3N5O. The average molecular weight is 482 g/mol. The van der Waals surface area contributed by atoms with E-state index in [2.05, 4.69) is 20.3 Å². The molecule has 1 saturated carbocycles. The molecule has 0 aromatic carbocycles. The smallest absolute Gasteiger partial charge is 0.365 e. The second kappa shape index (κ2) is 8.94. The van der Waals surface area contributed by atoms with Gasteiger partial charge in [-0.2, -0.15) is 13.2 Å². The van der Waals surface area contributed by atoms with E-state index in [9.17, 15) is 18.0 Å². The molecule has 0 spiro atoms. The molecule has 3 aromatic heterocycles. The van der Waals surface area contributed by atoms with Crippen molar-refractivity contribution < 1.29 is 18.0 Å². The van der Waals surface area contributed by atoms with Crippen molar-refractivity contribution in [3.63, 3.8) is 0 Å². The third-order valence-electron chi connectivity index (χ3n) is 6.96. The van der Waals surface area contributed by atoms with E-state index < -0.39 is 11.7 Å². The average Bonchev–Trinajstić information content (AvgIpc) is 2.84. The molecule has 9 heteroatoms. The zero-order valence-corrected chi connectivity index (χ0v) is 19.5. The summed E-state index contributed by atoms with van der Waals surface area (Å²) in [6.07, 6.45) is 0.785. The minimum absolute atomic E-state index is 0.0967. The number of hydrogen-bond donors (Lipinski definition) is 1. The Morgan fingerprint density at radius 3 is 2.60 bits per heavy atom. The van der Waals surface area contributed by atoms with E-state index in [0.29, 0.717) is 29.5 Å². The second-order valence-electron chi connectivity index (χ2n) is 9.40. The number of amides is 1. The highest BCUT2D eigenvalue weighted by atomic mass is 19.4. The third-order valence-corrected chi connectivity index (χ3v) is 6.96. The fraction of sp³-hybridized carbons (Fsp3) is 0.385. The van der Waals surface area contributed by atoms with Crippen LogP contribution < -0.4 is 5.32 Å². The number of halogens is 3. The Bertz CT molecular complexity index is 1240. The number of anilines is 1. The van der Waals surface area contributed by atoms with Gasteiger partial charge in [0.1, 0.15) is 11.5 Å². The molecule has 5 heterocycles. The normalized spacial score (nSPS) is 21.7. The Labute approximate surface area is 201 Å². The van der Waals surface area contributed by atoms with Crippen molar-refractivity contribution in [2.75, 3.05) is 11.9 Å². The molecule has 6 nitrogen and oxygen atoms in total. The first kappa shape index (κ1) is 23.3. The van der Waals surface area contributed by atoms with E-state index in [-0.39, 0.29) is 18.0 Å². The maximum Gasteiger partial charge on any atom is 0.417 e. The van der Waals surface area contributed by atoms with Gasteiger partial charge in [-0.05, 0) is 74.9 Å². The molecule has 3 fully saturated rings. The highest BCUT2D eigenvalue weighted by Gasteiger charge is 2.44. The number of aromatic nitrogens is 3. The van der Waals surface area contributed by atoms with Crippen LogP contribution in [-0.4, -0.2) is 44.4 Å². The molecule has 1 amide bonds. The number of fused-ring (bicyclic) bond motifs is 3. The lowest BCUT2D eigenvalue weighted by molar-refractivity contribution is -0.137. The fourth-order valence-corrected chi connectivity index (χ4v) is 5.23. The highest BCUT2D eigenvalue weighted by molar-refractivity contribution is 5.99. The number of aryl methyl sites for hydroxylation is 2. The van der Waals surface area contributed by atoms with Gasteiger partial charge in [0, 0.05) is 36.2 Å². The first-order chi connectivity index (χ1) is 16.7. The van der Waals surface area contributed by atoms with Gasteiger partial charge in [-0.25, -0.2) is 9.97 Å². The Kier molecular flexibility index (Phi) is 5.94. The van der Waals surface area contributed by atoms with Crippen LogP contribution in [0, 0.1) is 19.8 Å². The Morgan fingerprint density at radius 2 is 1.91 bits per heavy atom. The third kappa shape index (κ3) is 4.59. The highest BCUT2D eigenvalue weighted by Crippen LogP contribution is 2.38. The molecule has 1 N–H and O–H groups in total. The van der Waals surface area contributed by atoms with Crippen molar-refractivity contribution in [2.45, 2.75) is 51.4 Å². The molecule has 3 atom stereocenters. The van der Waals surface area contributed by atoms with Crippen molar-refractivity contribution in [1.29, 1.82) is 0 Å². The van der Waals surface area contributed by atoms with Crippen LogP contribution in [-0.2, 0) is 6.18 Å². The van der Waals surface area contributed by atoms with Gasteiger partial charge in [0.2, 0.25) is 0 Å². The molecular weight excluding hydrogens is 455 g/mol. The molecule has 2 saturated heterocycles. The lowest BCUT2D eigenvalue weighted by atomic mass is 9.76. The molecule has 3 aliphatic rings. The van der Waals surface area contributed by atoms with Crippen LogP contribution in [0.1, 0.15) is 46.6 Å². The van der Waals surface area contributed by atoms with Crippen molar-refractivity contribution >= 4 is 11.7 Å². The van der Waals surface area contributed by atoms with E-state index in [0.717, 1.165) is 48.5 Å². The van der Waals surface area contributed by atoms with Crippen LogP contribution in [0.15, 0.2) is 48.8 Å². The van der Waals surface area contributed by atoms with E-state index >= 15 is 0 Å². The van der Waals surface area contributed by atoms with Gasteiger partial charge in [0.15, 0.2) is 0 Å². The zero-order chi connectivity index (χ0) is 24.7. The van der Waals surface area contributed by atoms with Crippen molar-refractivity contribution in [3.8, 4) is 11.3 Å².